The fraction of sp³-hybridized carbons (Fsp3) is 0.788. The third-order valence-corrected chi connectivity index (χ3v) is 9.96. The molecule has 0 aliphatic carbocycles. The summed E-state index contributed by atoms with van der Waals surface area (Å²) in [7, 11) is -4.34. The molecule has 7 heteroatoms. The minimum atomic E-state index is -4.34. The third kappa shape index (κ3) is 8.78. The predicted octanol–water partition coefficient (Wildman–Crippen LogP) is 8.20. The average Bonchev–Trinajstić information content (AvgIpc) is 2.68. The molecule has 0 bridgehead atoms. The van der Waals surface area contributed by atoms with Gasteiger partial charge in [0.1, 0.15) is 0 Å². The van der Waals surface area contributed by atoms with E-state index in [1.807, 2.05) is 34.6 Å². The summed E-state index contributed by atoms with van der Waals surface area (Å²) in [4.78, 5) is 12.2. The minimum Gasteiger partial charge on any atom is -0.481 e. The lowest BCUT2D eigenvalue weighted by molar-refractivity contribution is -0.148. The van der Waals surface area contributed by atoms with E-state index in [0.717, 1.165) is 28.7 Å². The molecule has 0 saturated carbocycles. The Labute approximate surface area is 245 Å². The highest BCUT2D eigenvalue weighted by atomic mass is 32.2. The first-order chi connectivity index (χ1) is 17.6. The Morgan fingerprint density at radius 3 is 1.62 bits per heavy atom. The van der Waals surface area contributed by atoms with Crippen molar-refractivity contribution in [3.63, 3.8) is 0 Å². The molecule has 232 valence electrons. The number of rotatable bonds is 14. The van der Waals surface area contributed by atoms with Gasteiger partial charge in [0.15, 0.2) is 0 Å². The lowest BCUT2D eigenvalue weighted by atomic mass is 9.64. The van der Waals surface area contributed by atoms with E-state index in [1.165, 1.54) is 13.8 Å². The van der Waals surface area contributed by atoms with Gasteiger partial charge >= 0.3 is 5.97 Å². The second kappa shape index (κ2) is 12.0. The molecule has 1 aromatic rings. The Morgan fingerprint density at radius 1 is 0.775 bits per heavy atom. The van der Waals surface area contributed by atoms with Crippen molar-refractivity contribution in [2.75, 3.05) is 0 Å². The summed E-state index contributed by atoms with van der Waals surface area (Å²) in [6, 6.07) is 4.21. The van der Waals surface area contributed by atoms with Gasteiger partial charge in [-0.25, -0.2) is 0 Å². The highest BCUT2D eigenvalue weighted by Gasteiger charge is 2.44. The normalized spacial score (nSPS) is 16.4. The number of carboxylic acid groups (broad SMARTS) is 1. The SMILES string of the molecule is CC(C)CC(C)c1cc(C(C)(C)CC(C)(C)S(=O)(=O)O)c(C(C)(C)CC(C)(C)C(=O)O)cc1C(C)(O)CC(C)C. The zero-order valence-corrected chi connectivity index (χ0v) is 28.5. The Hall–Kier alpha value is -1.44. The molecule has 3 N–H and O–H groups in total. The van der Waals surface area contributed by atoms with Crippen molar-refractivity contribution in [1.82, 2.24) is 0 Å². The van der Waals surface area contributed by atoms with Gasteiger partial charge in [-0.2, -0.15) is 8.42 Å². The fourth-order valence-electron chi connectivity index (χ4n) is 6.88. The standard InChI is InChI=1S/C33H58O6S/c1-21(2)15-23(5)24-16-26(30(8,9)20-32(12,13)40(37,38)39)27(17-25(24)33(14,36)18-22(3)4)29(6,7)19-31(10,11)28(34)35/h16-17,21-23,36H,15,18-20H2,1-14H3,(H,34,35)(H,37,38,39). The van der Waals surface area contributed by atoms with Gasteiger partial charge in [0, 0.05) is 0 Å². The van der Waals surface area contributed by atoms with Crippen LogP contribution in [0.15, 0.2) is 12.1 Å². The van der Waals surface area contributed by atoms with Gasteiger partial charge in [-0.1, -0.05) is 74.4 Å². The smallest absolute Gasteiger partial charge is 0.309 e. The third-order valence-electron chi connectivity index (χ3n) is 8.42. The van der Waals surface area contributed by atoms with E-state index in [4.69, 9.17) is 0 Å². The van der Waals surface area contributed by atoms with Gasteiger partial charge in [-0.3, -0.25) is 9.35 Å². The van der Waals surface area contributed by atoms with Crippen LogP contribution in [-0.2, 0) is 31.3 Å². The largest absolute Gasteiger partial charge is 0.481 e. The summed E-state index contributed by atoms with van der Waals surface area (Å²) < 4.78 is 33.3. The van der Waals surface area contributed by atoms with Crippen molar-refractivity contribution in [3.05, 3.63) is 34.4 Å². The highest BCUT2D eigenvalue weighted by molar-refractivity contribution is 7.87. The first-order valence-corrected chi connectivity index (χ1v) is 16.1. The summed E-state index contributed by atoms with van der Waals surface area (Å²) in [6.45, 7) is 27.1. The van der Waals surface area contributed by atoms with E-state index in [2.05, 4.69) is 46.8 Å². The molecule has 0 spiro atoms. The molecule has 0 aromatic heterocycles. The van der Waals surface area contributed by atoms with E-state index in [9.17, 15) is 28.0 Å². The number of hydrogen-bond donors (Lipinski definition) is 3. The van der Waals surface area contributed by atoms with E-state index in [-0.39, 0.29) is 18.3 Å². The summed E-state index contributed by atoms with van der Waals surface area (Å²) in [5.41, 5.74) is 0.250. The monoisotopic (exact) mass is 582 g/mol. The van der Waals surface area contributed by atoms with Crippen LogP contribution in [-0.4, -0.2) is 33.9 Å². The van der Waals surface area contributed by atoms with E-state index in [1.54, 1.807) is 13.8 Å². The van der Waals surface area contributed by atoms with Gasteiger partial charge in [-0.05, 0) is 111 Å². The zero-order chi connectivity index (χ0) is 31.9. The molecule has 2 atom stereocenters. The number of carbonyl (C=O) groups is 1. The number of benzene rings is 1. The summed E-state index contributed by atoms with van der Waals surface area (Å²) in [5, 5.41) is 21.9. The molecule has 2 unspecified atom stereocenters. The van der Waals surface area contributed by atoms with Crippen LogP contribution in [0, 0.1) is 17.3 Å². The molecular weight excluding hydrogens is 524 g/mol. The van der Waals surface area contributed by atoms with Gasteiger partial charge < -0.3 is 10.2 Å². The first kappa shape index (κ1) is 36.6. The van der Waals surface area contributed by atoms with Crippen molar-refractivity contribution in [2.24, 2.45) is 17.3 Å². The van der Waals surface area contributed by atoms with Crippen LogP contribution in [0.1, 0.15) is 151 Å². The number of carboxylic acids is 1. The molecule has 0 aliphatic heterocycles. The maximum absolute atomic E-state index is 12.3. The molecule has 40 heavy (non-hydrogen) atoms. The van der Waals surface area contributed by atoms with Crippen LogP contribution in [0.2, 0.25) is 0 Å². The Kier molecular flexibility index (Phi) is 11.0. The lowest BCUT2D eigenvalue weighted by Gasteiger charge is -2.42. The molecule has 1 aromatic carbocycles. The van der Waals surface area contributed by atoms with Gasteiger partial charge in [0.25, 0.3) is 10.1 Å². The predicted molar refractivity (Wildman–Crippen MR) is 166 cm³/mol. The van der Waals surface area contributed by atoms with Crippen LogP contribution in [0.3, 0.4) is 0 Å². The quantitative estimate of drug-likeness (QED) is 0.191. The summed E-state index contributed by atoms with van der Waals surface area (Å²) >= 11 is 0. The Balaban J connectivity index is 4.23. The van der Waals surface area contributed by atoms with E-state index >= 15 is 0 Å². The molecule has 6 nitrogen and oxygen atoms in total. The maximum atomic E-state index is 12.3. The van der Waals surface area contributed by atoms with Crippen LogP contribution < -0.4 is 0 Å². The summed E-state index contributed by atoms with van der Waals surface area (Å²) in [6.07, 6.45) is 1.97. The topological polar surface area (TPSA) is 112 Å². The molecule has 0 amide bonds. The number of hydrogen-bond acceptors (Lipinski definition) is 4. The minimum absolute atomic E-state index is 0.130. The second-order valence-corrected chi connectivity index (χ2v) is 18.0. The summed E-state index contributed by atoms with van der Waals surface area (Å²) in [5.74, 6) is -0.0777. The average molecular weight is 583 g/mol. The molecule has 0 radical (unpaired) electrons. The van der Waals surface area contributed by atoms with Crippen molar-refractivity contribution >= 4 is 16.1 Å². The molecular formula is C33H58O6S. The molecule has 0 heterocycles. The Morgan fingerprint density at radius 2 is 1.23 bits per heavy atom. The fourth-order valence-corrected chi connectivity index (χ4v) is 7.42. The maximum Gasteiger partial charge on any atom is 0.309 e. The molecule has 0 aliphatic rings. The van der Waals surface area contributed by atoms with Gasteiger partial charge in [0.05, 0.1) is 15.8 Å². The van der Waals surface area contributed by atoms with Crippen molar-refractivity contribution < 1.29 is 28.0 Å². The number of aliphatic carboxylic acids is 1. The molecule has 1 rings (SSSR count). The van der Waals surface area contributed by atoms with Gasteiger partial charge in [0.2, 0.25) is 0 Å². The van der Waals surface area contributed by atoms with Crippen LogP contribution in [0.4, 0.5) is 0 Å². The first-order valence-electron chi connectivity index (χ1n) is 14.7. The Bertz CT molecular complexity index is 1150. The highest BCUT2D eigenvalue weighted by Crippen LogP contribution is 2.48. The zero-order valence-electron chi connectivity index (χ0n) is 27.7. The van der Waals surface area contributed by atoms with Crippen LogP contribution in [0.25, 0.3) is 0 Å². The lowest BCUT2D eigenvalue weighted by Crippen LogP contribution is -2.40. The van der Waals surface area contributed by atoms with Crippen molar-refractivity contribution in [1.29, 1.82) is 0 Å². The van der Waals surface area contributed by atoms with Crippen molar-refractivity contribution in [3.8, 4) is 0 Å². The van der Waals surface area contributed by atoms with Crippen LogP contribution in [0.5, 0.6) is 0 Å². The second-order valence-electron chi connectivity index (χ2n) is 15.9. The molecule has 0 fully saturated rings. The van der Waals surface area contributed by atoms with E-state index < -0.39 is 42.7 Å². The number of aliphatic hydroxyl groups is 1. The van der Waals surface area contributed by atoms with E-state index in [0.29, 0.717) is 18.8 Å². The van der Waals surface area contributed by atoms with Crippen LogP contribution >= 0.6 is 0 Å². The van der Waals surface area contributed by atoms with Crippen molar-refractivity contribution in [2.45, 2.75) is 150 Å². The molecule has 0 saturated heterocycles. The van der Waals surface area contributed by atoms with Gasteiger partial charge in [-0.15, -0.1) is 0 Å².